The number of hydrogen-bond donors (Lipinski definition) is 3. The molecular weight excluding hydrogens is 584 g/mol. The minimum atomic E-state index is -4.35. The predicted molar refractivity (Wildman–Crippen MR) is 141 cm³/mol. The van der Waals surface area contributed by atoms with Crippen LogP contribution in [0.25, 0.3) is 0 Å². The van der Waals surface area contributed by atoms with E-state index in [0.29, 0.717) is 4.57 Å². The number of nitrogens with one attached hydrogen (secondary N) is 2. The molecule has 1 saturated heterocycles. The molecule has 0 saturated carbocycles. The van der Waals surface area contributed by atoms with Gasteiger partial charge in [-0.3, -0.25) is 33.0 Å². The number of thioether (sulfide) groups is 1. The average molecular weight is 618 g/mol. The molecule has 0 aliphatic carbocycles. The van der Waals surface area contributed by atoms with Crippen LogP contribution >= 0.6 is 31.1 Å². The lowest BCUT2D eigenvalue weighted by atomic mass is 10.00. The second kappa shape index (κ2) is 13.4. The number of carbonyl (C=O) groups excluding carboxylic acids is 2. The van der Waals surface area contributed by atoms with Crippen molar-refractivity contribution in [2.75, 3.05) is 19.0 Å². The van der Waals surface area contributed by atoms with Gasteiger partial charge in [0.05, 0.1) is 19.3 Å². The zero-order valence-electron chi connectivity index (χ0n) is 22.3. The van der Waals surface area contributed by atoms with Crippen molar-refractivity contribution in [3.05, 3.63) is 33.1 Å². The number of nitrogens with zero attached hydrogens (tertiary/aromatic N) is 1. The van der Waals surface area contributed by atoms with Crippen molar-refractivity contribution in [3.63, 3.8) is 0 Å². The van der Waals surface area contributed by atoms with E-state index in [0.717, 1.165) is 24.0 Å². The largest absolute Gasteiger partial charge is 0.462 e. The smallest absolute Gasteiger partial charge is 0.406 e. The van der Waals surface area contributed by atoms with Crippen LogP contribution in [0.3, 0.4) is 0 Å². The molecule has 2 rings (SSSR count). The van der Waals surface area contributed by atoms with Gasteiger partial charge in [-0.05, 0) is 20.8 Å². The van der Waals surface area contributed by atoms with Gasteiger partial charge in [0, 0.05) is 23.4 Å². The summed E-state index contributed by atoms with van der Waals surface area (Å²) in [6.07, 6.45) is -5.02. The Kier molecular flexibility index (Phi) is 11.5. The summed E-state index contributed by atoms with van der Waals surface area (Å²) in [5, 5.41) is 9.70. The summed E-state index contributed by atoms with van der Waals surface area (Å²) >= 11 is 6.81. The third kappa shape index (κ3) is 9.22. The lowest BCUT2D eigenvalue weighted by molar-refractivity contribution is -0.149. The van der Waals surface area contributed by atoms with Crippen LogP contribution in [-0.4, -0.2) is 74.2 Å². The fourth-order valence-corrected chi connectivity index (χ4v) is 5.82. The van der Waals surface area contributed by atoms with Crippen molar-refractivity contribution in [3.8, 4) is 0 Å². The first-order chi connectivity index (χ1) is 17.9. The topological polar surface area (TPSA) is 175 Å². The Morgan fingerprint density at radius 2 is 1.97 bits per heavy atom. The molecular formula is C22H34ClFN3O10PS. The van der Waals surface area contributed by atoms with Gasteiger partial charge in [-0.25, -0.2) is 18.8 Å². The maximum Gasteiger partial charge on any atom is 0.406 e. The number of carbonyl (C=O) groups is 2. The van der Waals surface area contributed by atoms with E-state index in [4.69, 9.17) is 30.1 Å². The summed E-state index contributed by atoms with van der Waals surface area (Å²) in [5.74, 6) is -0.654. The Bertz CT molecular complexity index is 1190. The van der Waals surface area contributed by atoms with Crippen LogP contribution in [0, 0.1) is 5.41 Å². The number of hydrogen-bond acceptors (Lipinski definition) is 11. The number of aliphatic hydroxyl groups excluding tert-OH is 1. The van der Waals surface area contributed by atoms with Crippen molar-refractivity contribution in [2.24, 2.45) is 5.41 Å². The number of halogens is 2. The fraction of sp³-hybridized carbons (Fsp3) is 0.727. The van der Waals surface area contributed by atoms with Gasteiger partial charge in [-0.2, -0.15) is 0 Å². The zero-order chi connectivity index (χ0) is 29.8. The monoisotopic (exact) mass is 617 g/mol. The Balaban J connectivity index is 2.16. The molecule has 13 nitrogen and oxygen atoms in total. The molecule has 0 bridgehead atoms. The van der Waals surface area contributed by atoms with Gasteiger partial charge in [-0.1, -0.05) is 44.1 Å². The lowest BCUT2D eigenvalue weighted by Crippen LogP contribution is -2.42. The molecule has 0 radical (unpaired) electrons. The molecule has 0 amide bonds. The van der Waals surface area contributed by atoms with Gasteiger partial charge in [0.1, 0.15) is 18.2 Å². The van der Waals surface area contributed by atoms with E-state index in [2.05, 4.69) is 5.09 Å². The molecule has 222 valence electrons. The van der Waals surface area contributed by atoms with Crippen molar-refractivity contribution >= 4 is 42.2 Å². The molecule has 0 spiro atoms. The van der Waals surface area contributed by atoms with E-state index in [1.165, 1.54) is 6.92 Å². The van der Waals surface area contributed by atoms with Gasteiger partial charge < -0.3 is 14.6 Å². The maximum atomic E-state index is 15.2. The minimum absolute atomic E-state index is 0.102. The predicted octanol–water partition coefficient (Wildman–Crippen LogP) is 2.08. The van der Waals surface area contributed by atoms with Gasteiger partial charge in [0.2, 0.25) is 0 Å². The molecule has 1 aliphatic heterocycles. The summed E-state index contributed by atoms with van der Waals surface area (Å²) in [6.45, 7) is 8.83. The van der Waals surface area contributed by atoms with E-state index >= 15 is 4.39 Å². The van der Waals surface area contributed by atoms with Gasteiger partial charge in [0.15, 0.2) is 11.3 Å². The van der Waals surface area contributed by atoms with Crippen LogP contribution in [0.1, 0.15) is 47.8 Å². The molecule has 3 N–H and O–H groups in total. The summed E-state index contributed by atoms with van der Waals surface area (Å²) in [6, 6.07) is -0.239. The summed E-state index contributed by atoms with van der Waals surface area (Å²) in [5.41, 5.74) is -2.40. The van der Waals surface area contributed by atoms with Gasteiger partial charge >= 0.3 is 19.4 Å². The molecule has 1 aromatic rings. The Hall–Kier alpha value is -1.58. The average Bonchev–Trinajstić information content (AvgIpc) is 3.03. The number of aliphatic hydroxyl groups is 1. The highest BCUT2D eigenvalue weighted by molar-refractivity contribution is 8.13. The SMILES string of the molecule is CC(C)OC(=O)[C@@H](C)N[P@](=O)(OCCSC(=O)C(C)(C)C)OC[C@H]1O[C@@H](n2ccc(=O)[nH]c2=O)[C@@](F)(Cl)[C@@H]1O. The zero-order valence-corrected chi connectivity index (χ0v) is 24.8. The van der Waals surface area contributed by atoms with E-state index in [1.807, 2.05) is 4.98 Å². The molecule has 0 aromatic carbocycles. The molecule has 2 heterocycles. The molecule has 1 fully saturated rings. The van der Waals surface area contributed by atoms with Crippen LogP contribution in [0.15, 0.2) is 21.9 Å². The number of aromatic amines is 1. The van der Waals surface area contributed by atoms with Crippen LogP contribution in [0.4, 0.5) is 4.39 Å². The summed E-state index contributed by atoms with van der Waals surface area (Å²) < 4.78 is 50.6. The highest BCUT2D eigenvalue weighted by Gasteiger charge is 2.58. The van der Waals surface area contributed by atoms with E-state index in [1.54, 1.807) is 34.6 Å². The third-order valence-corrected chi connectivity index (χ3v) is 8.51. The van der Waals surface area contributed by atoms with Crippen molar-refractivity contribution in [2.45, 2.75) is 77.3 Å². The number of alkyl halides is 2. The number of ether oxygens (including phenoxy) is 2. The molecule has 6 atom stereocenters. The second-order valence-corrected chi connectivity index (χ2v) is 13.4. The molecule has 1 aromatic heterocycles. The number of H-pyrrole nitrogens is 1. The minimum Gasteiger partial charge on any atom is -0.462 e. The standard InChI is InChI=1S/C22H34ClFN3O10PS/c1-12(2)36-17(30)13(3)26-38(33,34-9-10-39-19(31)21(4,5)6)35-11-14-16(29)22(23,24)18(37-14)27-8-7-15(28)25-20(27)32/h7-8,12-14,16,18,29H,9-11H2,1-6H3,(H,26,33)(H,25,28,32)/t13-,14-,16-,18-,22-,38+/m1/s1. The maximum absolute atomic E-state index is 15.2. The lowest BCUT2D eigenvalue weighted by Gasteiger charge is -2.25. The third-order valence-electron chi connectivity index (χ3n) is 5.14. The quantitative estimate of drug-likeness (QED) is 0.135. The highest BCUT2D eigenvalue weighted by atomic mass is 35.5. The Labute approximate surface area is 233 Å². The molecule has 39 heavy (non-hydrogen) atoms. The van der Waals surface area contributed by atoms with E-state index < -0.39 is 72.7 Å². The van der Waals surface area contributed by atoms with Crippen molar-refractivity contribution < 1.29 is 42.2 Å². The Morgan fingerprint density at radius 3 is 2.54 bits per heavy atom. The van der Waals surface area contributed by atoms with Crippen LogP contribution in [-0.2, 0) is 32.7 Å². The van der Waals surface area contributed by atoms with Crippen molar-refractivity contribution in [1.82, 2.24) is 14.6 Å². The van der Waals surface area contributed by atoms with Gasteiger partial charge in [-0.15, -0.1) is 0 Å². The van der Waals surface area contributed by atoms with Crippen LogP contribution < -0.4 is 16.3 Å². The fourth-order valence-electron chi connectivity index (χ4n) is 3.13. The number of esters is 1. The van der Waals surface area contributed by atoms with E-state index in [-0.39, 0.29) is 17.5 Å². The number of aromatic nitrogens is 2. The summed E-state index contributed by atoms with van der Waals surface area (Å²) in [4.78, 5) is 49.8. The second-order valence-electron chi connectivity index (χ2n) is 10.0. The first-order valence-electron chi connectivity index (χ1n) is 11.9. The van der Waals surface area contributed by atoms with E-state index in [9.17, 15) is 28.8 Å². The first kappa shape index (κ1) is 33.6. The number of rotatable bonds is 12. The van der Waals surface area contributed by atoms with Crippen LogP contribution in [0.5, 0.6) is 0 Å². The summed E-state index contributed by atoms with van der Waals surface area (Å²) in [7, 11) is -4.35. The molecule has 0 unspecified atom stereocenters. The first-order valence-corrected chi connectivity index (χ1v) is 14.9. The van der Waals surface area contributed by atoms with Gasteiger partial charge in [0.25, 0.3) is 10.7 Å². The normalized spacial score (nSPS) is 25.8. The molecule has 17 heteroatoms. The van der Waals surface area contributed by atoms with Crippen LogP contribution in [0.2, 0.25) is 0 Å². The van der Waals surface area contributed by atoms with Crippen molar-refractivity contribution in [1.29, 1.82) is 0 Å². The molecule has 1 aliphatic rings. The highest BCUT2D eigenvalue weighted by Crippen LogP contribution is 2.48. The Morgan fingerprint density at radius 1 is 1.33 bits per heavy atom.